The van der Waals surface area contributed by atoms with Crippen molar-refractivity contribution in [2.45, 2.75) is 108 Å². The number of phenols is 1. The summed E-state index contributed by atoms with van der Waals surface area (Å²) < 4.78 is 30.3. The largest absolute Gasteiger partial charge is 0.507 e. The van der Waals surface area contributed by atoms with E-state index in [2.05, 4.69) is 10.6 Å². The van der Waals surface area contributed by atoms with E-state index in [9.17, 15) is 59.3 Å². The number of hydrogen-bond donors (Lipinski definition) is 6. The van der Waals surface area contributed by atoms with Crippen molar-refractivity contribution in [1.82, 2.24) is 5.32 Å². The van der Waals surface area contributed by atoms with E-state index in [-0.39, 0.29) is 68.0 Å². The van der Waals surface area contributed by atoms with E-state index in [0.29, 0.717) is 5.56 Å². The summed E-state index contributed by atoms with van der Waals surface area (Å²) in [6.45, 7) is 7.97. The molecule has 83 heavy (non-hydrogen) atoms. The van der Waals surface area contributed by atoms with Crippen LogP contribution in [-0.2, 0) is 42.9 Å². The van der Waals surface area contributed by atoms with E-state index >= 15 is 4.79 Å². The first-order valence-electron chi connectivity index (χ1n) is 26.1. The summed E-state index contributed by atoms with van der Waals surface area (Å²) in [5.41, 5.74) is -7.05. The fraction of sp³-hybridized carbons (Fsp3) is 0.350. The molecule has 5 aromatic carbocycles. The number of amides is 2. The third kappa shape index (κ3) is 11.7. The van der Waals surface area contributed by atoms with Gasteiger partial charge in [-0.05, 0) is 79.1 Å². The highest BCUT2D eigenvalue weighted by molar-refractivity contribution is 6.34. The smallest absolute Gasteiger partial charge is 0.338 e. The number of nitrogens with one attached hydrogen (secondary N) is 2. The molecule has 3 aliphatic carbocycles. The van der Waals surface area contributed by atoms with Crippen molar-refractivity contribution in [2.75, 3.05) is 11.9 Å². The van der Waals surface area contributed by atoms with Gasteiger partial charge in [-0.2, -0.15) is 0 Å². The minimum Gasteiger partial charge on any atom is -0.507 e. The summed E-state index contributed by atoms with van der Waals surface area (Å²) >= 11 is 11.6. The Morgan fingerprint density at radius 1 is 0.807 bits per heavy atom. The average Bonchev–Trinajstić information content (AvgIpc) is 1.19. The Bertz CT molecular complexity index is 3400. The molecule has 2 saturated carbocycles. The van der Waals surface area contributed by atoms with E-state index in [4.69, 9.17) is 46.9 Å². The lowest BCUT2D eigenvalue weighted by atomic mass is 9.44. The van der Waals surface area contributed by atoms with Crippen LogP contribution in [0.1, 0.15) is 97.1 Å². The molecule has 23 heteroatoms. The number of fused-ring (bicyclic) bond motifs is 5. The molecule has 0 aromatic heterocycles. The molecular weight excluding hydrogens is 1120 g/mol. The van der Waals surface area contributed by atoms with Crippen LogP contribution in [0.4, 0.5) is 11.4 Å². The molecule has 2 amide bonds. The topological polar surface area (TPSA) is 314 Å². The van der Waals surface area contributed by atoms with Gasteiger partial charge in [0.05, 0.1) is 56.8 Å². The molecule has 0 unspecified atom stereocenters. The maximum absolute atomic E-state index is 15.5. The number of ketones is 1. The Kier molecular flexibility index (Phi) is 17.7. The van der Waals surface area contributed by atoms with Crippen molar-refractivity contribution in [3.05, 3.63) is 181 Å². The maximum Gasteiger partial charge on any atom is 0.338 e. The van der Waals surface area contributed by atoms with Crippen LogP contribution in [0.25, 0.3) is 0 Å². The number of anilines is 1. The van der Waals surface area contributed by atoms with Crippen LogP contribution in [-0.4, -0.2) is 121 Å². The molecular formula is C60H59Cl2N3O18. The molecule has 4 aliphatic rings. The standard InChI is InChI=1S/C47H51NO14.C13H8Cl2N2O4/c1-25-31(60-43(56)36(52)35(28-16-10-7-11-17-28)48-41(54)29-18-12-8-13-19-29)23-47(57)40(61-42(55)30-20-14-9-15-21-30)38-45(6,32(51)22-33-46(38,24-58-33)62-27(3)50)39(53)37(59-26(2)49)34(25)44(47,4)5;14-7-1-4-12(18)9(5-7)13(19)16-11-3-2-8(17(20)21)6-10(11)15/h7-21,31-33,35-38,40,51-52,57H,22-24H2,1-6H3,(H,48,54);1-6,18H,(H,16,19)/t31-,32-,33+,35-,36+,37+,38-,40-,45+,46-,47+;/m0./s1. The lowest BCUT2D eigenvalue weighted by molar-refractivity contribution is -0.384. The van der Waals surface area contributed by atoms with E-state index in [0.717, 1.165) is 19.9 Å². The second-order valence-corrected chi connectivity index (χ2v) is 22.2. The van der Waals surface area contributed by atoms with Crippen molar-refractivity contribution in [3.8, 4) is 5.75 Å². The lowest BCUT2D eigenvalue weighted by Gasteiger charge is -2.67. The number of phenolic OH excluding ortho intramolecular Hbond substituents is 1. The Labute approximate surface area is 485 Å². The number of hydrogen-bond acceptors (Lipinski definition) is 18. The fourth-order valence-corrected chi connectivity index (χ4v) is 12.2. The Balaban J connectivity index is 0.000000359. The van der Waals surface area contributed by atoms with Crippen molar-refractivity contribution in [3.63, 3.8) is 0 Å². The average molecular weight is 1180 g/mol. The quantitative estimate of drug-likeness (QED) is 0.0217. The summed E-state index contributed by atoms with van der Waals surface area (Å²) in [7, 11) is 0. The van der Waals surface area contributed by atoms with Crippen LogP contribution in [0.2, 0.25) is 10.0 Å². The van der Waals surface area contributed by atoms with Crippen molar-refractivity contribution >= 4 is 76.1 Å². The highest BCUT2D eigenvalue weighted by Gasteiger charge is 2.78. The number of carbonyl (C=O) groups is 7. The molecule has 11 atom stereocenters. The number of nitro benzene ring substituents is 1. The number of aliphatic hydroxyl groups is 3. The van der Waals surface area contributed by atoms with Crippen LogP contribution in [0.5, 0.6) is 5.75 Å². The number of nitrogens with zero attached hydrogens (tertiary/aromatic N) is 1. The van der Waals surface area contributed by atoms with Crippen LogP contribution >= 0.6 is 23.2 Å². The lowest BCUT2D eigenvalue weighted by Crippen LogP contribution is -2.82. The van der Waals surface area contributed by atoms with Gasteiger partial charge in [-0.1, -0.05) is 104 Å². The number of aliphatic hydroxyl groups excluding tert-OH is 2. The van der Waals surface area contributed by atoms with Gasteiger partial charge in [0.2, 0.25) is 0 Å². The molecule has 1 aliphatic heterocycles. The number of non-ortho nitro benzene ring substituents is 1. The van der Waals surface area contributed by atoms with Gasteiger partial charge in [-0.25, -0.2) is 9.59 Å². The van der Waals surface area contributed by atoms with Crippen molar-refractivity contribution in [2.24, 2.45) is 16.7 Å². The Hall–Kier alpha value is -8.05. The molecule has 21 nitrogen and oxygen atoms in total. The minimum absolute atomic E-state index is 0.00289. The number of benzene rings is 5. The van der Waals surface area contributed by atoms with E-state index in [1.807, 2.05) is 0 Å². The maximum atomic E-state index is 15.5. The Morgan fingerprint density at radius 3 is 1.99 bits per heavy atom. The normalized spacial score (nSPS) is 26.4. The van der Waals surface area contributed by atoms with Gasteiger partial charge in [0.15, 0.2) is 23.6 Å². The van der Waals surface area contributed by atoms with E-state index < -0.39 is 123 Å². The predicted octanol–water partition coefficient (Wildman–Crippen LogP) is 7.60. The number of rotatable bonds is 13. The van der Waals surface area contributed by atoms with Crippen LogP contribution in [0.3, 0.4) is 0 Å². The van der Waals surface area contributed by atoms with E-state index in [1.54, 1.807) is 92.7 Å². The van der Waals surface area contributed by atoms with Gasteiger partial charge >= 0.3 is 23.9 Å². The molecule has 6 N–H and O–H groups in total. The SMILES string of the molecule is CC(=O)O[C@H]1C(=O)[C@@]2(C)[C@H]([C@H](OC(=O)c3ccccc3)[C@]3(O)C[C@H](OC(=O)[C@H](O)[C@@H](NC(=O)c4ccccc4)c4ccccc4)C(C)=C1C3(C)C)[C@]1(OC(C)=O)CO[C@@H]1C[C@@H]2O.O=C(Nc1ccc([N+](=O)[O-])cc1Cl)c1cc(Cl)ccc1O. The number of ether oxygens (including phenoxy) is 5. The van der Waals surface area contributed by atoms with Crippen molar-refractivity contribution in [1.29, 1.82) is 0 Å². The Morgan fingerprint density at radius 2 is 1.42 bits per heavy atom. The molecule has 2 bridgehead atoms. The molecule has 436 valence electrons. The van der Waals surface area contributed by atoms with Gasteiger partial charge in [-0.3, -0.25) is 34.1 Å². The van der Waals surface area contributed by atoms with Crippen LogP contribution in [0, 0.1) is 26.9 Å². The summed E-state index contributed by atoms with van der Waals surface area (Å²) in [4.78, 5) is 105. The highest BCUT2D eigenvalue weighted by atomic mass is 35.5. The second kappa shape index (κ2) is 24.0. The van der Waals surface area contributed by atoms with Gasteiger partial charge in [-0.15, -0.1) is 0 Å². The number of esters is 4. The molecule has 9 rings (SSSR count). The zero-order chi connectivity index (χ0) is 60.5. The summed E-state index contributed by atoms with van der Waals surface area (Å²) in [5, 5.41) is 63.2. The summed E-state index contributed by atoms with van der Waals surface area (Å²) in [6, 6.07) is 30.6. The predicted molar refractivity (Wildman–Crippen MR) is 297 cm³/mol. The van der Waals surface area contributed by atoms with Gasteiger partial charge in [0, 0.05) is 54.8 Å². The number of carbonyl (C=O) groups excluding carboxylic acids is 7. The third-order valence-electron chi connectivity index (χ3n) is 16.1. The first-order chi connectivity index (χ1) is 39.2. The molecule has 5 aromatic rings. The first-order valence-corrected chi connectivity index (χ1v) is 26.8. The zero-order valence-corrected chi connectivity index (χ0v) is 47.1. The molecule has 1 heterocycles. The number of nitro groups is 1. The second-order valence-electron chi connectivity index (χ2n) is 21.4. The number of halogens is 2. The number of Topliss-reactive ketones (excluding diaryl/α,β-unsaturated/α-hetero) is 1. The summed E-state index contributed by atoms with van der Waals surface area (Å²) in [5.74, 6) is -7.72. The van der Waals surface area contributed by atoms with Gasteiger partial charge in [0.25, 0.3) is 17.5 Å². The highest BCUT2D eigenvalue weighted by Crippen LogP contribution is 2.64. The first kappa shape index (κ1) is 61.0. The van der Waals surface area contributed by atoms with Crippen LogP contribution < -0.4 is 10.6 Å². The van der Waals surface area contributed by atoms with Gasteiger partial charge < -0.3 is 54.7 Å². The van der Waals surface area contributed by atoms with Gasteiger partial charge in [0.1, 0.15) is 29.7 Å². The zero-order valence-electron chi connectivity index (χ0n) is 45.6. The third-order valence-corrected chi connectivity index (χ3v) is 16.6. The molecule has 1 saturated heterocycles. The molecule has 3 fully saturated rings. The number of aromatic hydroxyl groups is 1. The fourth-order valence-electron chi connectivity index (χ4n) is 11.8. The monoisotopic (exact) mass is 1180 g/mol. The molecule has 0 spiro atoms. The summed E-state index contributed by atoms with van der Waals surface area (Å²) in [6.07, 6.45) is -10.5. The van der Waals surface area contributed by atoms with E-state index in [1.165, 1.54) is 56.3 Å². The van der Waals surface area contributed by atoms with Crippen LogP contribution in [0.15, 0.2) is 139 Å². The minimum atomic E-state index is -2.39. The molecule has 0 radical (unpaired) electrons. The van der Waals surface area contributed by atoms with Crippen molar-refractivity contribution < 1.29 is 82.6 Å².